The van der Waals surface area contributed by atoms with Crippen LogP contribution in [0.3, 0.4) is 0 Å². The summed E-state index contributed by atoms with van der Waals surface area (Å²) in [5, 5.41) is 7.99. The molecule has 1 aromatic heterocycles. The zero-order chi connectivity index (χ0) is 13.7. The van der Waals surface area contributed by atoms with Gasteiger partial charge in [-0.2, -0.15) is 0 Å². The van der Waals surface area contributed by atoms with Gasteiger partial charge in [0.15, 0.2) is 0 Å². The fourth-order valence-corrected chi connectivity index (χ4v) is 2.14. The van der Waals surface area contributed by atoms with Crippen LogP contribution >= 0.6 is 0 Å². The molecule has 6 heteroatoms. The van der Waals surface area contributed by atoms with Crippen molar-refractivity contribution in [2.45, 2.75) is 18.6 Å². The summed E-state index contributed by atoms with van der Waals surface area (Å²) in [4.78, 5) is 0. The maximum absolute atomic E-state index is 5.66. The van der Waals surface area contributed by atoms with Gasteiger partial charge in [0.2, 0.25) is 0 Å². The first kappa shape index (κ1) is 13.7. The van der Waals surface area contributed by atoms with E-state index in [0.717, 1.165) is 11.3 Å². The highest BCUT2D eigenvalue weighted by Crippen LogP contribution is 2.22. The minimum atomic E-state index is -0.131. The number of aromatic nitrogens is 3. The molecule has 0 fully saturated rings. The molecule has 102 valence electrons. The van der Waals surface area contributed by atoms with Crippen LogP contribution in [0.1, 0.15) is 17.4 Å². The van der Waals surface area contributed by atoms with Gasteiger partial charge in [0.1, 0.15) is 0 Å². The van der Waals surface area contributed by atoms with Gasteiger partial charge in [0.25, 0.3) is 0 Å². The molecule has 0 saturated carbocycles. The normalized spacial score (nSPS) is 14.3. The van der Waals surface area contributed by atoms with Crippen molar-refractivity contribution < 1.29 is 4.74 Å². The largest absolute Gasteiger partial charge is 0.375 e. The summed E-state index contributed by atoms with van der Waals surface area (Å²) >= 11 is 0. The second kappa shape index (κ2) is 6.42. The van der Waals surface area contributed by atoms with Crippen molar-refractivity contribution >= 4 is 0 Å². The summed E-state index contributed by atoms with van der Waals surface area (Å²) < 4.78 is 7.24. The van der Waals surface area contributed by atoms with Gasteiger partial charge in [0, 0.05) is 26.8 Å². The quantitative estimate of drug-likeness (QED) is 0.587. The van der Waals surface area contributed by atoms with E-state index in [4.69, 9.17) is 10.6 Å². The summed E-state index contributed by atoms with van der Waals surface area (Å²) in [5.74, 6) is 5.66. The van der Waals surface area contributed by atoms with Crippen LogP contribution in [0.5, 0.6) is 0 Å². The first-order valence-corrected chi connectivity index (χ1v) is 6.13. The number of nitrogens with one attached hydrogen (secondary N) is 1. The Bertz CT molecular complexity index is 499. The van der Waals surface area contributed by atoms with Crippen molar-refractivity contribution in [2.24, 2.45) is 12.9 Å². The molecule has 0 amide bonds. The molecule has 1 aromatic carbocycles. The van der Waals surface area contributed by atoms with Gasteiger partial charge < -0.3 is 4.74 Å². The van der Waals surface area contributed by atoms with E-state index in [0.29, 0.717) is 6.42 Å². The Hall–Kier alpha value is -1.76. The lowest BCUT2D eigenvalue weighted by Gasteiger charge is -2.25. The van der Waals surface area contributed by atoms with Crippen LogP contribution < -0.4 is 11.3 Å². The maximum atomic E-state index is 5.66. The molecule has 2 aromatic rings. The Morgan fingerprint density at radius 3 is 2.63 bits per heavy atom. The molecule has 0 aliphatic rings. The third-order valence-corrected chi connectivity index (χ3v) is 3.04. The average molecular weight is 261 g/mol. The highest BCUT2D eigenvalue weighted by Gasteiger charge is 2.23. The molecule has 0 saturated heterocycles. The Balaban J connectivity index is 2.15. The molecule has 19 heavy (non-hydrogen) atoms. The van der Waals surface area contributed by atoms with Gasteiger partial charge in [-0.1, -0.05) is 35.5 Å². The number of nitrogens with zero attached hydrogens (tertiary/aromatic N) is 3. The first-order valence-electron chi connectivity index (χ1n) is 6.13. The number of methoxy groups -OCH3 is 1. The number of aryl methyl sites for hydroxylation is 1. The average Bonchev–Trinajstić information content (AvgIpc) is 2.85. The lowest BCUT2D eigenvalue weighted by molar-refractivity contribution is 0.0675. The van der Waals surface area contributed by atoms with E-state index in [1.54, 1.807) is 11.8 Å². The maximum Gasteiger partial charge on any atom is 0.0991 e. The van der Waals surface area contributed by atoms with Gasteiger partial charge in [-0.15, -0.1) is 5.10 Å². The van der Waals surface area contributed by atoms with Crippen LogP contribution in [0.25, 0.3) is 0 Å². The number of ether oxygens (including phenoxy) is 1. The highest BCUT2D eigenvalue weighted by molar-refractivity contribution is 5.20. The number of benzene rings is 1. The Morgan fingerprint density at radius 1 is 1.37 bits per heavy atom. The van der Waals surface area contributed by atoms with Crippen LogP contribution in [0.2, 0.25) is 0 Å². The Morgan fingerprint density at radius 2 is 2.11 bits per heavy atom. The third-order valence-electron chi connectivity index (χ3n) is 3.04. The third kappa shape index (κ3) is 3.37. The molecule has 3 N–H and O–H groups in total. The van der Waals surface area contributed by atoms with Gasteiger partial charge in [-0.3, -0.25) is 16.0 Å². The molecule has 6 nitrogen and oxygen atoms in total. The molecule has 2 unspecified atom stereocenters. The van der Waals surface area contributed by atoms with Crippen molar-refractivity contribution in [1.29, 1.82) is 0 Å². The van der Waals surface area contributed by atoms with E-state index in [-0.39, 0.29) is 12.1 Å². The predicted octanol–water partition coefficient (Wildman–Crippen LogP) is 0.577. The SMILES string of the molecule is COC(c1ccccc1)C(Cc1cn(C)nn1)NN. The number of hydrazine groups is 1. The monoisotopic (exact) mass is 261 g/mol. The lowest BCUT2D eigenvalue weighted by atomic mass is 9.99. The number of hydrogen-bond donors (Lipinski definition) is 2. The molecular weight excluding hydrogens is 242 g/mol. The van der Waals surface area contributed by atoms with Gasteiger partial charge in [-0.05, 0) is 5.56 Å². The van der Waals surface area contributed by atoms with Crippen LogP contribution in [0.4, 0.5) is 0 Å². The van der Waals surface area contributed by atoms with Crippen LogP contribution in [0.15, 0.2) is 36.5 Å². The van der Waals surface area contributed by atoms with E-state index >= 15 is 0 Å². The minimum Gasteiger partial charge on any atom is -0.375 e. The molecule has 0 aliphatic carbocycles. The van der Waals surface area contributed by atoms with Crippen molar-refractivity contribution in [2.75, 3.05) is 7.11 Å². The first-order chi connectivity index (χ1) is 9.24. The fourth-order valence-electron chi connectivity index (χ4n) is 2.14. The van der Waals surface area contributed by atoms with E-state index in [9.17, 15) is 0 Å². The van der Waals surface area contributed by atoms with Crippen LogP contribution in [-0.2, 0) is 18.2 Å². The van der Waals surface area contributed by atoms with Gasteiger partial charge in [0.05, 0.1) is 17.8 Å². The van der Waals surface area contributed by atoms with Crippen molar-refractivity contribution in [3.63, 3.8) is 0 Å². The molecule has 0 radical (unpaired) electrons. The van der Waals surface area contributed by atoms with Gasteiger partial charge >= 0.3 is 0 Å². The summed E-state index contributed by atoms with van der Waals surface area (Å²) in [7, 11) is 3.52. The number of nitrogens with two attached hydrogens (primary N) is 1. The fraction of sp³-hybridized carbons (Fsp3) is 0.385. The van der Waals surface area contributed by atoms with E-state index in [2.05, 4.69) is 15.7 Å². The van der Waals surface area contributed by atoms with E-state index in [1.807, 2.05) is 43.6 Å². The van der Waals surface area contributed by atoms with Gasteiger partial charge in [-0.25, -0.2) is 0 Å². The summed E-state index contributed by atoms with van der Waals surface area (Å²) in [6, 6.07) is 9.92. The van der Waals surface area contributed by atoms with Crippen LogP contribution in [-0.4, -0.2) is 28.1 Å². The number of rotatable bonds is 6. The zero-order valence-electron chi connectivity index (χ0n) is 11.2. The molecule has 0 bridgehead atoms. The molecule has 0 spiro atoms. The molecule has 1 heterocycles. The predicted molar refractivity (Wildman–Crippen MR) is 72.0 cm³/mol. The zero-order valence-corrected chi connectivity index (χ0v) is 11.2. The van der Waals surface area contributed by atoms with Crippen molar-refractivity contribution in [1.82, 2.24) is 20.4 Å². The van der Waals surface area contributed by atoms with Crippen molar-refractivity contribution in [3.8, 4) is 0 Å². The second-order valence-corrected chi connectivity index (χ2v) is 4.43. The topological polar surface area (TPSA) is 78.0 Å². The lowest BCUT2D eigenvalue weighted by Crippen LogP contribution is -2.42. The standard InChI is InChI=1S/C13H19N5O/c1-18-9-11(16-17-18)8-12(15-14)13(19-2)10-6-4-3-5-7-10/h3-7,9,12-13,15H,8,14H2,1-2H3. The highest BCUT2D eigenvalue weighted by atomic mass is 16.5. The van der Waals surface area contributed by atoms with Crippen molar-refractivity contribution in [3.05, 3.63) is 47.8 Å². The molecule has 0 aliphatic heterocycles. The molecule has 2 rings (SSSR count). The minimum absolute atomic E-state index is 0.0656. The number of hydrogen-bond acceptors (Lipinski definition) is 5. The molecule has 2 atom stereocenters. The summed E-state index contributed by atoms with van der Waals surface area (Å²) in [6.45, 7) is 0. The van der Waals surface area contributed by atoms with Crippen LogP contribution in [0, 0.1) is 0 Å². The Labute approximate surface area is 112 Å². The molecular formula is C13H19N5O. The summed E-state index contributed by atoms with van der Waals surface area (Å²) in [5.41, 5.74) is 4.77. The van der Waals surface area contributed by atoms with E-state index < -0.39 is 0 Å². The smallest absolute Gasteiger partial charge is 0.0991 e. The summed E-state index contributed by atoms with van der Waals surface area (Å²) in [6.07, 6.45) is 2.40. The second-order valence-electron chi connectivity index (χ2n) is 4.43. The van der Waals surface area contributed by atoms with E-state index in [1.165, 1.54) is 0 Å². The Kier molecular flexibility index (Phi) is 4.62.